The number of benzene rings is 2. The second kappa shape index (κ2) is 7.94. The molecule has 1 N–H and O–H groups in total. The van der Waals surface area contributed by atoms with Crippen LogP contribution in [0.25, 0.3) is 5.70 Å². The summed E-state index contributed by atoms with van der Waals surface area (Å²) in [6.07, 6.45) is 0. The minimum absolute atomic E-state index is 0. The van der Waals surface area contributed by atoms with Crippen molar-refractivity contribution in [3.05, 3.63) is 78.5 Å². The molecule has 0 amide bonds. The van der Waals surface area contributed by atoms with E-state index < -0.39 is 0 Å². The van der Waals surface area contributed by atoms with Crippen molar-refractivity contribution in [3.8, 4) is 0 Å². The van der Waals surface area contributed by atoms with Gasteiger partial charge in [0.1, 0.15) is 0 Å². The summed E-state index contributed by atoms with van der Waals surface area (Å²) in [5, 5.41) is 3.29. The lowest BCUT2D eigenvalue weighted by molar-refractivity contribution is 1.50. The van der Waals surface area contributed by atoms with E-state index in [-0.39, 0.29) is 1.43 Å². The van der Waals surface area contributed by atoms with Gasteiger partial charge in [0.15, 0.2) is 0 Å². The summed E-state index contributed by atoms with van der Waals surface area (Å²) in [7, 11) is 0. The van der Waals surface area contributed by atoms with Gasteiger partial charge in [-0.15, -0.1) is 5.73 Å². The fourth-order valence-corrected chi connectivity index (χ4v) is 1.49. The summed E-state index contributed by atoms with van der Waals surface area (Å²) in [4.78, 5) is 0. The molecule has 0 fully saturated rings. The Labute approximate surface area is 111 Å². The second-order valence-corrected chi connectivity index (χ2v) is 3.41. The van der Waals surface area contributed by atoms with Crippen LogP contribution in [0.3, 0.4) is 0 Å². The van der Waals surface area contributed by atoms with Gasteiger partial charge in [-0.05, 0) is 12.1 Å². The van der Waals surface area contributed by atoms with Crippen molar-refractivity contribution in [2.24, 2.45) is 0 Å². The Morgan fingerprint density at radius 2 is 1.44 bits per heavy atom. The molecule has 0 aromatic heterocycles. The molecule has 2 rings (SSSR count). The van der Waals surface area contributed by atoms with Crippen molar-refractivity contribution in [2.45, 2.75) is 13.8 Å². The highest BCUT2D eigenvalue weighted by Crippen LogP contribution is 2.16. The van der Waals surface area contributed by atoms with Crippen molar-refractivity contribution in [2.75, 3.05) is 5.32 Å². The molecule has 2 aromatic carbocycles. The number of hydrogen-bond acceptors (Lipinski definition) is 1. The van der Waals surface area contributed by atoms with Crippen LogP contribution in [0.15, 0.2) is 73.0 Å². The Morgan fingerprint density at radius 1 is 0.944 bits per heavy atom. The zero-order valence-electron chi connectivity index (χ0n) is 11.0. The quantitative estimate of drug-likeness (QED) is 0.726. The molecule has 94 valence electrons. The van der Waals surface area contributed by atoms with Gasteiger partial charge in [0.05, 0.1) is 5.70 Å². The van der Waals surface area contributed by atoms with Gasteiger partial charge in [0.2, 0.25) is 0 Å². The number of rotatable bonds is 3. The van der Waals surface area contributed by atoms with Crippen LogP contribution in [0.1, 0.15) is 20.8 Å². The van der Waals surface area contributed by atoms with Crippen LogP contribution in [0, 0.1) is 0 Å². The molecule has 0 aliphatic rings. The summed E-state index contributed by atoms with van der Waals surface area (Å²) in [5.74, 6) is 0. The zero-order valence-corrected chi connectivity index (χ0v) is 11.0. The maximum absolute atomic E-state index is 3.71. The largest absolute Gasteiger partial charge is 0.349 e. The molecule has 0 aliphatic heterocycles. The molecule has 0 saturated carbocycles. The first-order valence-electron chi connectivity index (χ1n) is 6.17. The molecule has 2 aromatic rings. The van der Waals surface area contributed by atoms with Gasteiger partial charge in [-0.3, -0.25) is 0 Å². The molecule has 0 atom stereocenters. The van der Waals surface area contributed by atoms with Gasteiger partial charge < -0.3 is 5.32 Å². The molecule has 18 heavy (non-hydrogen) atoms. The lowest BCUT2D eigenvalue weighted by Gasteiger charge is -2.08. The lowest BCUT2D eigenvalue weighted by Crippen LogP contribution is -1.96. The van der Waals surface area contributed by atoms with Crippen LogP contribution < -0.4 is 5.32 Å². The summed E-state index contributed by atoms with van der Waals surface area (Å²) < 4.78 is 0. The number of hydrogen-bond donors (Lipinski definition) is 1. The molecule has 1 heteroatoms. The molecule has 0 radical (unpaired) electrons. The molecular formula is C17H21N. The smallest absolute Gasteiger partial charge is 0.0885 e. The Balaban J connectivity index is 0.00000103. The van der Waals surface area contributed by atoms with Crippen LogP contribution in [0.4, 0.5) is 5.69 Å². The van der Waals surface area contributed by atoms with E-state index in [1.54, 1.807) is 0 Å². The van der Waals surface area contributed by atoms with Crippen molar-refractivity contribution < 1.29 is 1.43 Å². The van der Waals surface area contributed by atoms with E-state index in [2.05, 4.69) is 17.6 Å². The number of anilines is 1. The standard InChI is InChI=1S/C15H13N.C2H6.H2/c1-2-15(13-9-5-3-6-10-13)16-14-11-7-4-8-12-14;1-2;/h3-12,16H,1H2;1-2H3;1H. The van der Waals surface area contributed by atoms with Gasteiger partial charge in [0.25, 0.3) is 0 Å². The first kappa shape index (κ1) is 13.8. The number of para-hydroxylation sites is 1. The SMILES string of the molecule is C=C=C(Nc1ccccc1)c1ccccc1.CC.[HH]. The monoisotopic (exact) mass is 239 g/mol. The van der Waals surface area contributed by atoms with E-state index in [0.717, 1.165) is 16.9 Å². The maximum atomic E-state index is 3.71. The highest BCUT2D eigenvalue weighted by Gasteiger charge is 1.99. The second-order valence-electron chi connectivity index (χ2n) is 3.41. The van der Waals surface area contributed by atoms with Crippen molar-refractivity contribution >= 4 is 11.4 Å². The van der Waals surface area contributed by atoms with Crippen LogP contribution >= 0.6 is 0 Å². The normalized spacial score (nSPS) is 8.56. The zero-order chi connectivity index (χ0) is 13.2. The minimum atomic E-state index is 0. The summed E-state index contributed by atoms with van der Waals surface area (Å²) in [6, 6.07) is 20.1. The van der Waals surface area contributed by atoms with E-state index in [0.29, 0.717) is 0 Å². The maximum Gasteiger partial charge on any atom is 0.0885 e. The molecule has 0 saturated heterocycles. The van der Waals surface area contributed by atoms with Gasteiger partial charge in [-0.2, -0.15) is 0 Å². The van der Waals surface area contributed by atoms with Crippen LogP contribution in [-0.2, 0) is 0 Å². The molecule has 1 nitrogen and oxygen atoms in total. The Morgan fingerprint density at radius 3 is 1.94 bits per heavy atom. The van der Waals surface area contributed by atoms with Crippen molar-refractivity contribution in [1.29, 1.82) is 0 Å². The van der Waals surface area contributed by atoms with E-state index in [9.17, 15) is 0 Å². The molecular weight excluding hydrogens is 218 g/mol. The third-order valence-electron chi connectivity index (χ3n) is 2.28. The van der Waals surface area contributed by atoms with Gasteiger partial charge in [0, 0.05) is 12.7 Å². The molecule has 0 aliphatic carbocycles. The van der Waals surface area contributed by atoms with Crippen LogP contribution in [0.5, 0.6) is 0 Å². The summed E-state index contributed by atoms with van der Waals surface area (Å²) >= 11 is 0. The predicted molar refractivity (Wildman–Crippen MR) is 82.5 cm³/mol. The molecule has 0 bridgehead atoms. The first-order valence-corrected chi connectivity index (χ1v) is 6.17. The average molecular weight is 239 g/mol. The van der Waals surface area contributed by atoms with Gasteiger partial charge in [-0.1, -0.05) is 69.0 Å². The van der Waals surface area contributed by atoms with Gasteiger partial charge in [-0.25, -0.2) is 0 Å². The van der Waals surface area contributed by atoms with E-state index in [1.165, 1.54) is 0 Å². The predicted octanol–water partition coefficient (Wildman–Crippen LogP) is 5.20. The molecule has 0 heterocycles. The number of nitrogens with one attached hydrogen (secondary N) is 1. The van der Waals surface area contributed by atoms with Crippen LogP contribution in [-0.4, -0.2) is 0 Å². The van der Waals surface area contributed by atoms with E-state index in [4.69, 9.17) is 0 Å². The third-order valence-corrected chi connectivity index (χ3v) is 2.28. The fraction of sp³-hybridized carbons (Fsp3) is 0.118. The van der Waals surface area contributed by atoms with E-state index >= 15 is 0 Å². The highest BCUT2D eigenvalue weighted by atomic mass is 14.9. The van der Waals surface area contributed by atoms with E-state index in [1.807, 2.05) is 74.5 Å². The lowest BCUT2D eigenvalue weighted by atomic mass is 10.1. The average Bonchev–Trinajstić information content (AvgIpc) is 2.49. The Kier molecular flexibility index (Phi) is 6.10. The summed E-state index contributed by atoms with van der Waals surface area (Å²) in [5.41, 5.74) is 5.94. The van der Waals surface area contributed by atoms with Crippen molar-refractivity contribution in [3.63, 3.8) is 0 Å². The van der Waals surface area contributed by atoms with Crippen LogP contribution in [0.2, 0.25) is 0 Å². The Hall–Kier alpha value is -2.24. The third kappa shape index (κ3) is 3.97. The highest BCUT2D eigenvalue weighted by molar-refractivity contribution is 5.75. The topological polar surface area (TPSA) is 12.0 Å². The summed E-state index contributed by atoms with van der Waals surface area (Å²) in [6.45, 7) is 7.71. The first-order chi connectivity index (χ1) is 8.90. The van der Waals surface area contributed by atoms with Crippen molar-refractivity contribution in [1.82, 2.24) is 0 Å². The van der Waals surface area contributed by atoms with Gasteiger partial charge >= 0.3 is 0 Å². The Bertz CT molecular complexity index is 499. The fourth-order valence-electron chi connectivity index (χ4n) is 1.49. The molecule has 0 spiro atoms. The minimum Gasteiger partial charge on any atom is -0.349 e. The molecule has 0 unspecified atom stereocenters.